The third-order valence-electron chi connectivity index (χ3n) is 1.17. The Morgan fingerprint density at radius 2 is 1.36 bits per heavy atom. The van der Waals surface area contributed by atoms with Gasteiger partial charge in [0.25, 0.3) is 0 Å². The molecule has 0 aromatic heterocycles. The van der Waals surface area contributed by atoms with Crippen molar-refractivity contribution in [2.45, 2.75) is 12.8 Å². The van der Waals surface area contributed by atoms with Gasteiger partial charge in [0.05, 0.1) is 0 Å². The van der Waals surface area contributed by atoms with Crippen molar-refractivity contribution in [2.24, 2.45) is 0 Å². The van der Waals surface area contributed by atoms with Crippen LogP contribution in [0.15, 0.2) is 36.5 Å². The molecule has 0 saturated carbocycles. The molecule has 0 aromatic carbocycles. The third kappa shape index (κ3) is 6.06. The van der Waals surface area contributed by atoms with E-state index in [1.807, 2.05) is 24.3 Å². The molecule has 0 heterocycles. The summed E-state index contributed by atoms with van der Waals surface area (Å²) in [6, 6.07) is 0. The maximum atomic E-state index is 2.99. The van der Waals surface area contributed by atoms with Crippen LogP contribution in [0.4, 0.5) is 0 Å². The average Bonchev–Trinajstić information content (AvgIpc) is 2.67. The normalized spacial score (nSPS) is 16.0. The fourth-order valence-electron chi connectivity index (χ4n) is 0.680. The van der Waals surface area contributed by atoms with Gasteiger partial charge in [0.1, 0.15) is 0 Å². The predicted octanol–water partition coefficient (Wildman–Crippen LogP) is 2.83. The molecule has 0 aromatic rings. The van der Waals surface area contributed by atoms with Gasteiger partial charge in [-0.05, 0) is 0 Å². The van der Waals surface area contributed by atoms with Crippen LogP contribution in [-0.2, 0) is 21.1 Å². The molecule has 0 unspecified atom stereocenters. The van der Waals surface area contributed by atoms with Gasteiger partial charge in [0.15, 0.2) is 0 Å². The first-order chi connectivity index (χ1) is 5.00. The van der Waals surface area contributed by atoms with Crippen LogP contribution in [0.5, 0.6) is 0 Å². The quantitative estimate of drug-likeness (QED) is 0.603. The summed E-state index contributed by atoms with van der Waals surface area (Å²) in [4.78, 5) is 0. The van der Waals surface area contributed by atoms with E-state index in [2.05, 4.69) is 24.3 Å². The van der Waals surface area contributed by atoms with Gasteiger partial charge in [-0.3, -0.25) is 12.2 Å². The van der Waals surface area contributed by atoms with Gasteiger partial charge < -0.3 is 2.85 Å². The van der Waals surface area contributed by atoms with E-state index in [1.54, 1.807) is 0 Å². The van der Waals surface area contributed by atoms with Crippen LogP contribution in [0.25, 0.3) is 0 Å². The molecule has 0 amide bonds. The first kappa shape index (κ1) is 10.6. The van der Waals surface area contributed by atoms with Crippen LogP contribution in [0.2, 0.25) is 0 Å². The zero-order valence-corrected chi connectivity index (χ0v) is 9.22. The molecular weight excluding hydrogens is 304 g/mol. The standard InChI is InChI=1S/2C5H5.W.2H/c2*1-2-4-5-3-1;;;/h2*1-3H,4H2;;;/q2*-1;+2;2*-1. The number of allylic oxidation sites excluding steroid dienone is 8. The molecule has 2 aliphatic rings. The maximum absolute atomic E-state index is 2.99. The van der Waals surface area contributed by atoms with Crippen molar-refractivity contribution in [3.8, 4) is 0 Å². The number of hydrogen-bond acceptors (Lipinski definition) is 0. The SMILES string of the molecule is [C-]1=CC=CC1.[C-]1=CC=CC1.[H-].[H-].[W+2]. The van der Waals surface area contributed by atoms with Gasteiger partial charge in [0, 0.05) is 0 Å². The Morgan fingerprint density at radius 3 is 1.45 bits per heavy atom. The summed E-state index contributed by atoms with van der Waals surface area (Å²) in [7, 11) is 0. The van der Waals surface area contributed by atoms with E-state index < -0.39 is 0 Å². The molecule has 0 atom stereocenters. The molecular formula is C10H12W-2. The second-order valence-corrected chi connectivity index (χ2v) is 2.01. The Hall–Kier alpha value is -0.352. The van der Waals surface area contributed by atoms with Crippen LogP contribution in [0, 0.1) is 12.2 Å². The molecule has 11 heavy (non-hydrogen) atoms. The number of hydrogen-bond donors (Lipinski definition) is 0. The summed E-state index contributed by atoms with van der Waals surface area (Å²) in [6.07, 6.45) is 20.0. The fourth-order valence-corrected chi connectivity index (χ4v) is 0.680. The summed E-state index contributed by atoms with van der Waals surface area (Å²) < 4.78 is 0. The summed E-state index contributed by atoms with van der Waals surface area (Å²) in [5.74, 6) is 0. The van der Waals surface area contributed by atoms with Gasteiger partial charge in [-0.25, -0.2) is 24.3 Å². The molecule has 0 radical (unpaired) electrons. The molecule has 0 nitrogen and oxygen atoms in total. The summed E-state index contributed by atoms with van der Waals surface area (Å²) in [5.41, 5.74) is 0. The van der Waals surface area contributed by atoms with E-state index in [-0.39, 0.29) is 23.9 Å². The van der Waals surface area contributed by atoms with Gasteiger partial charge in [-0.2, -0.15) is 12.2 Å². The third-order valence-corrected chi connectivity index (χ3v) is 1.17. The van der Waals surface area contributed by atoms with Crippen molar-refractivity contribution in [3.63, 3.8) is 0 Å². The Morgan fingerprint density at radius 1 is 0.909 bits per heavy atom. The molecule has 0 spiro atoms. The average molecular weight is 316 g/mol. The van der Waals surface area contributed by atoms with Crippen LogP contribution in [-0.4, -0.2) is 0 Å². The summed E-state index contributed by atoms with van der Waals surface area (Å²) in [5, 5.41) is 0. The van der Waals surface area contributed by atoms with Crippen molar-refractivity contribution in [3.05, 3.63) is 48.6 Å². The molecule has 0 saturated heterocycles. The van der Waals surface area contributed by atoms with E-state index in [0.29, 0.717) is 0 Å². The maximum Gasteiger partial charge on any atom is 2.00 e. The van der Waals surface area contributed by atoms with Gasteiger partial charge >= 0.3 is 21.1 Å². The van der Waals surface area contributed by atoms with Crippen molar-refractivity contribution in [2.75, 3.05) is 0 Å². The Balaban J connectivity index is -0.000000125. The van der Waals surface area contributed by atoms with Crippen LogP contribution in [0.1, 0.15) is 15.7 Å². The monoisotopic (exact) mass is 316 g/mol. The van der Waals surface area contributed by atoms with E-state index >= 15 is 0 Å². The van der Waals surface area contributed by atoms with Crippen LogP contribution >= 0.6 is 0 Å². The first-order valence-electron chi connectivity index (χ1n) is 3.43. The minimum Gasteiger partial charge on any atom is -1.00 e. The molecule has 2 rings (SSSR count). The second-order valence-electron chi connectivity index (χ2n) is 2.01. The van der Waals surface area contributed by atoms with Crippen LogP contribution in [0.3, 0.4) is 0 Å². The molecule has 2 aliphatic carbocycles. The predicted molar refractivity (Wildman–Crippen MR) is 45.4 cm³/mol. The van der Waals surface area contributed by atoms with E-state index in [4.69, 9.17) is 0 Å². The molecule has 0 aliphatic heterocycles. The van der Waals surface area contributed by atoms with E-state index in [9.17, 15) is 0 Å². The Bertz CT molecular complexity index is 151. The first-order valence-corrected chi connectivity index (χ1v) is 3.43. The molecule has 60 valence electrons. The van der Waals surface area contributed by atoms with Crippen molar-refractivity contribution >= 4 is 0 Å². The molecule has 1 heteroatoms. The zero-order chi connectivity index (χ0) is 7.07. The van der Waals surface area contributed by atoms with E-state index in [1.165, 1.54) is 0 Å². The van der Waals surface area contributed by atoms with Gasteiger partial charge in [-0.1, -0.05) is 0 Å². The number of rotatable bonds is 0. The Kier molecular flexibility index (Phi) is 7.50. The minimum absolute atomic E-state index is 0. The van der Waals surface area contributed by atoms with Crippen LogP contribution < -0.4 is 0 Å². The minimum atomic E-state index is 0. The second kappa shape index (κ2) is 7.75. The largest absolute Gasteiger partial charge is 2.00 e. The zero-order valence-electron chi connectivity index (χ0n) is 8.29. The smallest absolute Gasteiger partial charge is 1.00 e. The topological polar surface area (TPSA) is 0 Å². The summed E-state index contributed by atoms with van der Waals surface area (Å²) >= 11 is 0. The van der Waals surface area contributed by atoms with Gasteiger partial charge in [-0.15, -0.1) is 12.8 Å². The van der Waals surface area contributed by atoms with Crippen molar-refractivity contribution < 1.29 is 23.9 Å². The fraction of sp³-hybridized carbons (Fsp3) is 0.200. The van der Waals surface area contributed by atoms with Crippen molar-refractivity contribution in [1.29, 1.82) is 0 Å². The molecule has 0 bridgehead atoms. The summed E-state index contributed by atoms with van der Waals surface area (Å²) in [6.45, 7) is 0. The van der Waals surface area contributed by atoms with E-state index in [0.717, 1.165) is 12.8 Å². The Labute approximate surface area is 85.6 Å². The molecule has 0 N–H and O–H groups in total. The van der Waals surface area contributed by atoms with Crippen molar-refractivity contribution in [1.82, 2.24) is 0 Å². The van der Waals surface area contributed by atoms with Gasteiger partial charge in [0.2, 0.25) is 0 Å². The molecule has 0 fully saturated rings.